The highest BCUT2D eigenvalue weighted by Crippen LogP contribution is 2.32. The van der Waals surface area contributed by atoms with Crippen LogP contribution in [0.15, 0.2) is 30.3 Å². The zero-order chi connectivity index (χ0) is 26.3. The molecule has 0 radical (unpaired) electrons. The van der Waals surface area contributed by atoms with Crippen molar-refractivity contribution in [3.8, 4) is 0 Å². The lowest BCUT2D eigenvalue weighted by molar-refractivity contribution is -0.149. The number of nitrogens with one attached hydrogen (secondary N) is 2. The largest absolute Gasteiger partial charge is 0.444 e. The lowest BCUT2D eigenvalue weighted by Crippen LogP contribution is -2.59. The molecule has 0 bridgehead atoms. The highest BCUT2D eigenvalue weighted by atomic mass is 16.6. The Bertz CT molecular complexity index is 813. The van der Waals surface area contributed by atoms with Crippen LogP contribution in [-0.4, -0.2) is 46.0 Å². The number of carbonyl (C=O) groups excluding carboxylic acids is 3. The van der Waals surface area contributed by atoms with Crippen molar-refractivity contribution in [2.45, 2.75) is 111 Å². The summed E-state index contributed by atoms with van der Waals surface area (Å²) in [5, 5.41) is 5.76. The summed E-state index contributed by atoms with van der Waals surface area (Å²) in [4.78, 5) is 41.9. The van der Waals surface area contributed by atoms with Gasteiger partial charge in [0.1, 0.15) is 17.7 Å². The van der Waals surface area contributed by atoms with Gasteiger partial charge in [-0.05, 0) is 72.8 Å². The fourth-order valence-electron chi connectivity index (χ4n) is 3.67. The average molecular weight is 476 g/mol. The van der Waals surface area contributed by atoms with Gasteiger partial charge in [0, 0.05) is 11.6 Å². The second-order valence-corrected chi connectivity index (χ2v) is 11.2. The van der Waals surface area contributed by atoms with Crippen molar-refractivity contribution < 1.29 is 19.1 Å². The van der Waals surface area contributed by atoms with Crippen LogP contribution in [0.3, 0.4) is 0 Å². The van der Waals surface area contributed by atoms with E-state index in [1.807, 2.05) is 78.8 Å². The number of carbonyl (C=O) groups is 3. The predicted octanol–water partition coefficient (Wildman–Crippen LogP) is 5.21. The first kappa shape index (κ1) is 29.5. The number of nitrogens with zero attached hydrogens (tertiary/aromatic N) is 1. The zero-order valence-electron chi connectivity index (χ0n) is 22.7. The van der Waals surface area contributed by atoms with E-state index in [0.29, 0.717) is 12.8 Å². The highest BCUT2D eigenvalue weighted by molar-refractivity contribution is 5.92. The number of rotatable bonds is 10. The molecule has 0 aliphatic rings. The van der Waals surface area contributed by atoms with Crippen molar-refractivity contribution in [2.24, 2.45) is 5.92 Å². The van der Waals surface area contributed by atoms with E-state index in [4.69, 9.17) is 4.74 Å². The number of benzene rings is 1. The van der Waals surface area contributed by atoms with E-state index < -0.39 is 29.3 Å². The van der Waals surface area contributed by atoms with Gasteiger partial charge in [0.15, 0.2) is 0 Å². The molecule has 1 rings (SSSR count). The third kappa shape index (κ3) is 8.99. The van der Waals surface area contributed by atoms with Crippen molar-refractivity contribution >= 4 is 17.9 Å². The molecule has 1 aromatic carbocycles. The van der Waals surface area contributed by atoms with Gasteiger partial charge in [-0.2, -0.15) is 0 Å². The van der Waals surface area contributed by atoms with Gasteiger partial charge in [-0.15, -0.1) is 0 Å². The SMILES string of the molecule is CCC(C)(C)N(C(=O)C(CC(C)C)NC(=O)OC(C)(C)C)C(C(=O)NC(C)C)c1ccccc1. The van der Waals surface area contributed by atoms with Gasteiger partial charge in [-0.1, -0.05) is 51.1 Å². The first-order valence-corrected chi connectivity index (χ1v) is 12.3. The number of hydrogen-bond donors (Lipinski definition) is 2. The van der Waals surface area contributed by atoms with Crippen LogP contribution in [0.2, 0.25) is 0 Å². The van der Waals surface area contributed by atoms with Crippen LogP contribution in [0, 0.1) is 5.92 Å². The topological polar surface area (TPSA) is 87.7 Å². The molecule has 0 spiro atoms. The van der Waals surface area contributed by atoms with Crippen LogP contribution in [-0.2, 0) is 14.3 Å². The zero-order valence-corrected chi connectivity index (χ0v) is 22.7. The van der Waals surface area contributed by atoms with Gasteiger partial charge in [-0.25, -0.2) is 4.79 Å². The molecular weight excluding hydrogens is 430 g/mol. The quantitative estimate of drug-likeness (QED) is 0.486. The maximum absolute atomic E-state index is 14.2. The van der Waals surface area contributed by atoms with Gasteiger partial charge >= 0.3 is 6.09 Å². The van der Waals surface area contributed by atoms with E-state index in [2.05, 4.69) is 10.6 Å². The van der Waals surface area contributed by atoms with E-state index in [9.17, 15) is 14.4 Å². The normalized spacial score (nSPS) is 13.9. The molecule has 0 fully saturated rings. The van der Waals surface area contributed by atoms with Gasteiger partial charge in [0.05, 0.1) is 0 Å². The van der Waals surface area contributed by atoms with Crippen molar-refractivity contribution in [1.29, 1.82) is 0 Å². The summed E-state index contributed by atoms with van der Waals surface area (Å²) in [6.45, 7) is 19.0. The van der Waals surface area contributed by atoms with Gasteiger partial charge < -0.3 is 20.3 Å². The van der Waals surface area contributed by atoms with Crippen LogP contribution >= 0.6 is 0 Å². The third-order valence-corrected chi connectivity index (χ3v) is 5.50. The Labute approximate surface area is 206 Å². The van der Waals surface area contributed by atoms with E-state index in [1.165, 1.54) is 0 Å². The fourth-order valence-corrected chi connectivity index (χ4v) is 3.67. The minimum Gasteiger partial charge on any atom is -0.444 e. The van der Waals surface area contributed by atoms with E-state index >= 15 is 0 Å². The van der Waals surface area contributed by atoms with Gasteiger partial charge in [0.25, 0.3) is 0 Å². The van der Waals surface area contributed by atoms with E-state index in [-0.39, 0.29) is 23.8 Å². The van der Waals surface area contributed by atoms with E-state index in [0.717, 1.165) is 5.56 Å². The van der Waals surface area contributed by atoms with Crippen LogP contribution in [0.25, 0.3) is 0 Å². The molecule has 1 aromatic rings. The maximum Gasteiger partial charge on any atom is 0.408 e. The molecule has 0 aromatic heterocycles. The van der Waals surface area contributed by atoms with Crippen molar-refractivity contribution in [2.75, 3.05) is 0 Å². The van der Waals surface area contributed by atoms with Crippen LogP contribution in [0.5, 0.6) is 0 Å². The Balaban J connectivity index is 3.56. The van der Waals surface area contributed by atoms with Gasteiger partial charge in [-0.3, -0.25) is 9.59 Å². The van der Waals surface area contributed by atoms with Crippen molar-refractivity contribution in [3.05, 3.63) is 35.9 Å². The molecule has 2 unspecified atom stereocenters. The molecule has 0 aliphatic heterocycles. The first-order valence-electron chi connectivity index (χ1n) is 12.3. The minimum absolute atomic E-state index is 0.0910. The Morgan fingerprint density at radius 2 is 1.50 bits per heavy atom. The Morgan fingerprint density at radius 1 is 0.941 bits per heavy atom. The smallest absolute Gasteiger partial charge is 0.408 e. The molecule has 3 amide bonds. The van der Waals surface area contributed by atoms with Crippen molar-refractivity contribution in [3.63, 3.8) is 0 Å². The van der Waals surface area contributed by atoms with Crippen LogP contribution in [0.1, 0.15) is 93.7 Å². The third-order valence-electron chi connectivity index (χ3n) is 5.50. The Kier molecular flexibility index (Phi) is 10.6. The van der Waals surface area contributed by atoms with Crippen LogP contribution in [0.4, 0.5) is 4.79 Å². The average Bonchev–Trinajstić information content (AvgIpc) is 2.69. The highest BCUT2D eigenvalue weighted by Gasteiger charge is 2.43. The Morgan fingerprint density at radius 3 is 1.94 bits per heavy atom. The minimum atomic E-state index is -0.846. The molecule has 192 valence electrons. The molecule has 2 atom stereocenters. The molecule has 34 heavy (non-hydrogen) atoms. The molecule has 7 nitrogen and oxygen atoms in total. The first-order chi connectivity index (χ1) is 15.6. The summed E-state index contributed by atoms with van der Waals surface area (Å²) in [6, 6.07) is 7.54. The second-order valence-electron chi connectivity index (χ2n) is 11.2. The summed E-state index contributed by atoms with van der Waals surface area (Å²) in [7, 11) is 0. The summed E-state index contributed by atoms with van der Waals surface area (Å²) < 4.78 is 5.44. The number of ether oxygens (including phenoxy) is 1. The monoisotopic (exact) mass is 475 g/mol. The lowest BCUT2D eigenvalue weighted by Gasteiger charge is -2.45. The second kappa shape index (κ2) is 12.2. The molecular formula is C27H45N3O4. The lowest BCUT2D eigenvalue weighted by atomic mass is 9.90. The molecule has 0 saturated heterocycles. The molecule has 7 heteroatoms. The summed E-state index contributed by atoms with van der Waals surface area (Å²) in [5.41, 5.74) is -0.630. The summed E-state index contributed by atoms with van der Waals surface area (Å²) >= 11 is 0. The molecule has 2 N–H and O–H groups in total. The predicted molar refractivity (Wildman–Crippen MR) is 136 cm³/mol. The molecule has 0 aliphatic carbocycles. The number of amides is 3. The van der Waals surface area contributed by atoms with E-state index in [1.54, 1.807) is 25.7 Å². The van der Waals surface area contributed by atoms with Crippen molar-refractivity contribution in [1.82, 2.24) is 15.5 Å². The van der Waals surface area contributed by atoms with Crippen LogP contribution < -0.4 is 10.6 Å². The summed E-state index contributed by atoms with van der Waals surface area (Å²) in [5.74, 6) is -0.425. The Hall–Kier alpha value is -2.57. The fraction of sp³-hybridized carbons (Fsp3) is 0.667. The standard InChI is InChI=1S/C27H45N3O4/c1-11-27(9,10)30(22(23(31)28-19(4)5)20-15-13-12-14-16-20)24(32)21(17-18(2)3)29-25(33)34-26(6,7)8/h12-16,18-19,21-22H,11,17H2,1-10H3,(H,28,31)(H,29,33). The van der Waals surface area contributed by atoms with Gasteiger partial charge in [0.2, 0.25) is 11.8 Å². The number of alkyl carbamates (subject to hydrolysis) is 1. The molecule has 0 heterocycles. The molecule has 0 saturated carbocycles. The summed E-state index contributed by atoms with van der Waals surface area (Å²) in [6.07, 6.45) is 0.392. The maximum atomic E-state index is 14.2. The number of hydrogen-bond acceptors (Lipinski definition) is 4.